The predicted octanol–water partition coefficient (Wildman–Crippen LogP) is 2.39. The zero-order valence-corrected chi connectivity index (χ0v) is 13.1. The normalized spacial score (nSPS) is 13.6. The summed E-state index contributed by atoms with van der Waals surface area (Å²) < 4.78 is 5.56. The van der Waals surface area contributed by atoms with Crippen LogP contribution in [0, 0.1) is 6.92 Å². The van der Waals surface area contributed by atoms with Crippen molar-refractivity contribution in [3.8, 4) is 5.75 Å². The molecule has 1 aliphatic rings. The third kappa shape index (κ3) is 3.67. The number of allylic oxidation sites excluding steroid dienone is 2. The second kappa shape index (κ2) is 7.11. The Bertz CT molecular complexity index is 608. The largest absolute Gasteiger partial charge is 0.483 e. The maximum atomic E-state index is 12.3. The van der Waals surface area contributed by atoms with Crippen molar-refractivity contribution in [3.63, 3.8) is 0 Å². The monoisotopic (exact) mass is 302 g/mol. The summed E-state index contributed by atoms with van der Waals surface area (Å²) in [6.45, 7) is 4.35. The topological polar surface area (TPSA) is 72.6 Å². The van der Waals surface area contributed by atoms with Gasteiger partial charge < -0.3 is 15.4 Å². The van der Waals surface area contributed by atoms with Crippen LogP contribution in [0.1, 0.15) is 42.1 Å². The number of nitrogens with zero attached hydrogens (tertiary/aromatic N) is 1. The van der Waals surface area contributed by atoms with Gasteiger partial charge in [-0.15, -0.1) is 0 Å². The highest BCUT2D eigenvalue weighted by Crippen LogP contribution is 2.23. The van der Waals surface area contributed by atoms with Gasteiger partial charge in [0.2, 0.25) is 0 Å². The van der Waals surface area contributed by atoms with E-state index in [-0.39, 0.29) is 12.5 Å². The van der Waals surface area contributed by atoms with Crippen LogP contribution in [0.3, 0.4) is 0 Å². The average molecular weight is 302 g/mol. The Morgan fingerprint density at radius 2 is 2.14 bits per heavy atom. The summed E-state index contributed by atoms with van der Waals surface area (Å²) in [5.41, 5.74) is 7.63. The lowest BCUT2D eigenvalue weighted by molar-refractivity contribution is -0.131. The Balaban J connectivity index is 2.07. The van der Waals surface area contributed by atoms with E-state index in [0.717, 1.165) is 30.5 Å². The molecule has 0 saturated heterocycles. The maximum Gasteiger partial charge on any atom is 0.264 e. The van der Waals surface area contributed by atoms with Crippen LogP contribution in [0.5, 0.6) is 5.75 Å². The molecule has 22 heavy (non-hydrogen) atoms. The van der Waals surface area contributed by atoms with Crippen LogP contribution in [0.4, 0.5) is 0 Å². The van der Waals surface area contributed by atoms with Crippen LogP contribution in [-0.4, -0.2) is 29.9 Å². The second-order valence-electron chi connectivity index (χ2n) is 5.38. The maximum absolute atomic E-state index is 12.3. The molecule has 2 N–H and O–H groups in total. The molecule has 0 fully saturated rings. The van der Waals surface area contributed by atoms with E-state index in [9.17, 15) is 9.59 Å². The zero-order chi connectivity index (χ0) is 16.1. The Morgan fingerprint density at radius 3 is 2.73 bits per heavy atom. The predicted molar refractivity (Wildman–Crippen MR) is 84.5 cm³/mol. The van der Waals surface area contributed by atoms with E-state index >= 15 is 0 Å². The first-order chi connectivity index (χ1) is 10.5. The summed E-state index contributed by atoms with van der Waals surface area (Å²) in [6.07, 6.45) is 5.13. The molecule has 0 saturated carbocycles. The van der Waals surface area contributed by atoms with E-state index in [1.54, 1.807) is 23.1 Å². The fourth-order valence-electron chi connectivity index (χ4n) is 2.61. The van der Waals surface area contributed by atoms with Crippen LogP contribution in [0.25, 0.3) is 0 Å². The van der Waals surface area contributed by atoms with E-state index < -0.39 is 5.91 Å². The van der Waals surface area contributed by atoms with Crippen molar-refractivity contribution in [2.75, 3.05) is 13.2 Å². The highest BCUT2D eigenvalue weighted by Gasteiger charge is 2.20. The van der Waals surface area contributed by atoms with Crippen LogP contribution in [0.15, 0.2) is 30.0 Å². The highest BCUT2D eigenvalue weighted by atomic mass is 16.5. The Hall–Kier alpha value is -2.30. The molecule has 0 aliphatic heterocycles. The minimum atomic E-state index is -0.562. The summed E-state index contributed by atoms with van der Waals surface area (Å²) in [4.78, 5) is 25.5. The molecule has 0 unspecified atom stereocenters. The third-order valence-electron chi connectivity index (χ3n) is 3.73. The summed E-state index contributed by atoms with van der Waals surface area (Å²) in [7, 11) is 0. The number of rotatable bonds is 6. The molecule has 1 aliphatic carbocycles. The van der Waals surface area contributed by atoms with Gasteiger partial charge in [0.1, 0.15) is 5.75 Å². The first kappa shape index (κ1) is 16.1. The van der Waals surface area contributed by atoms with Crippen molar-refractivity contribution in [2.45, 2.75) is 33.1 Å². The molecule has 5 heteroatoms. The number of nitrogens with two attached hydrogens (primary N) is 1. The van der Waals surface area contributed by atoms with Crippen molar-refractivity contribution in [1.82, 2.24) is 4.90 Å². The summed E-state index contributed by atoms with van der Waals surface area (Å²) >= 11 is 0. The van der Waals surface area contributed by atoms with Gasteiger partial charge in [-0.1, -0.05) is 12.1 Å². The number of aryl methyl sites for hydroxylation is 1. The third-order valence-corrected chi connectivity index (χ3v) is 3.73. The summed E-state index contributed by atoms with van der Waals surface area (Å²) in [5, 5.41) is 0. The van der Waals surface area contributed by atoms with Gasteiger partial charge in [-0.25, -0.2) is 0 Å². The quantitative estimate of drug-likeness (QED) is 0.877. The highest BCUT2D eigenvalue weighted by molar-refractivity contribution is 5.95. The van der Waals surface area contributed by atoms with Gasteiger partial charge in [0.15, 0.2) is 6.61 Å². The van der Waals surface area contributed by atoms with E-state index in [1.165, 1.54) is 0 Å². The van der Waals surface area contributed by atoms with E-state index in [0.29, 0.717) is 17.9 Å². The van der Waals surface area contributed by atoms with Gasteiger partial charge in [-0.2, -0.15) is 0 Å². The first-order valence-electron chi connectivity index (χ1n) is 7.55. The van der Waals surface area contributed by atoms with Crippen molar-refractivity contribution < 1.29 is 14.3 Å². The molecule has 0 spiro atoms. The lowest BCUT2D eigenvalue weighted by atomic mass is 10.1. The van der Waals surface area contributed by atoms with Crippen LogP contribution >= 0.6 is 0 Å². The van der Waals surface area contributed by atoms with Crippen LogP contribution in [0.2, 0.25) is 0 Å². The van der Waals surface area contributed by atoms with Gasteiger partial charge in [0.25, 0.3) is 11.8 Å². The van der Waals surface area contributed by atoms with Gasteiger partial charge >= 0.3 is 0 Å². The van der Waals surface area contributed by atoms with Crippen LogP contribution in [-0.2, 0) is 4.79 Å². The minimum absolute atomic E-state index is 0.102. The number of carbonyl (C=O) groups is 2. The number of amides is 2. The molecule has 1 aromatic carbocycles. The average Bonchev–Trinajstić information content (AvgIpc) is 2.99. The molecule has 0 radical (unpaired) electrons. The minimum Gasteiger partial charge on any atom is -0.483 e. The number of ether oxygens (including phenoxy) is 1. The molecule has 0 aromatic heterocycles. The van der Waals surface area contributed by atoms with Gasteiger partial charge in [0, 0.05) is 12.2 Å². The van der Waals surface area contributed by atoms with Gasteiger partial charge in [-0.3, -0.25) is 9.59 Å². The molecule has 2 rings (SSSR count). The van der Waals surface area contributed by atoms with Crippen molar-refractivity contribution in [1.29, 1.82) is 0 Å². The van der Waals surface area contributed by atoms with E-state index in [1.807, 2.05) is 13.8 Å². The standard InChI is InChI=1S/C17H22N2O3/c1-3-19(13-6-4-5-7-13)16(20)11-22-15-10-12(2)8-9-14(15)17(18)21/h6,8-10H,3-5,7,11H2,1-2H3,(H2,18,21). The lowest BCUT2D eigenvalue weighted by Crippen LogP contribution is -2.34. The molecule has 0 bridgehead atoms. The number of hydrogen-bond donors (Lipinski definition) is 1. The second-order valence-corrected chi connectivity index (χ2v) is 5.38. The van der Waals surface area contributed by atoms with Crippen molar-refractivity contribution >= 4 is 11.8 Å². The molecule has 1 aromatic rings. The molecule has 0 heterocycles. The Kier molecular flexibility index (Phi) is 5.20. The van der Waals surface area contributed by atoms with Crippen LogP contribution < -0.4 is 10.5 Å². The van der Waals surface area contributed by atoms with Gasteiger partial charge in [-0.05, 0) is 50.8 Å². The summed E-state index contributed by atoms with van der Waals surface area (Å²) in [6, 6.07) is 5.13. The SMILES string of the molecule is CCN(C(=O)COc1cc(C)ccc1C(N)=O)C1=CCCC1. The lowest BCUT2D eigenvalue weighted by Gasteiger charge is -2.22. The smallest absolute Gasteiger partial charge is 0.264 e. The first-order valence-corrected chi connectivity index (χ1v) is 7.55. The molecule has 0 atom stereocenters. The molecular formula is C17H22N2O3. The Labute approximate surface area is 130 Å². The number of likely N-dealkylation sites (N-methyl/N-ethyl adjacent to an activating group) is 1. The molecule has 118 valence electrons. The molecular weight excluding hydrogens is 280 g/mol. The van der Waals surface area contributed by atoms with E-state index in [2.05, 4.69) is 6.08 Å². The fraction of sp³-hybridized carbons (Fsp3) is 0.412. The fourth-order valence-corrected chi connectivity index (χ4v) is 2.61. The van der Waals surface area contributed by atoms with Crippen molar-refractivity contribution in [3.05, 3.63) is 41.1 Å². The summed E-state index contributed by atoms with van der Waals surface area (Å²) in [5.74, 6) is -0.307. The number of hydrogen-bond acceptors (Lipinski definition) is 3. The van der Waals surface area contributed by atoms with Crippen molar-refractivity contribution in [2.24, 2.45) is 5.73 Å². The number of primary amides is 1. The zero-order valence-electron chi connectivity index (χ0n) is 13.1. The number of carbonyl (C=O) groups excluding carboxylic acids is 2. The van der Waals surface area contributed by atoms with E-state index in [4.69, 9.17) is 10.5 Å². The van der Waals surface area contributed by atoms with Gasteiger partial charge in [0.05, 0.1) is 5.56 Å². The number of benzene rings is 1. The molecule has 2 amide bonds. The Morgan fingerprint density at radius 1 is 1.36 bits per heavy atom. The molecule has 5 nitrogen and oxygen atoms in total.